The Hall–Kier alpha value is -1.55. The lowest BCUT2D eigenvalue weighted by Gasteiger charge is -2.11. The summed E-state index contributed by atoms with van der Waals surface area (Å²) in [4.78, 5) is 11.2. The number of phenolic OH excluding ortho intramolecular Hbond substituents is 1. The maximum absolute atomic E-state index is 11.2. The first-order valence-corrected chi connectivity index (χ1v) is 5.52. The first kappa shape index (κ1) is 13.5. The topological polar surface area (TPSA) is 55.8 Å². The highest BCUT2D eigenvalue weighted by atomic mass is 16.5. The number of benzene rings is 1. The minimum absolute atomic E-state index is 0.0372. The Bertz CT molecular complexity index is 399. The number of carbonyl (C=O) groups is 1. The molecule has 0 aromatic heterocycles. The van der Waals surface area contributed by atoms with E-state index in [0.29, 0.717) is 24.5 Å². The molecule has 4 heteroatoms. The molecule has 1 aromatic rings. The SMILES string of the molecule is COCCCOc1cc(O)c(C(C)=O)cc1C. The summed E-state index contributed by atoms with van der Waals surface area (Å²) in [5.74, 6) is 0.407. The van der Waals surface area contributed by atoms with Gasteiger partial charge in [-0.1, -0.05) is 0 Å². The third kappa shape index (κ3) is 3.75. The molecule has 0 unspecified atom stereocenters. The van der Waals surface area contributed by atoms with Gasteiger partial charge in [-0.3, -0.25) is 4.79 Å². The van der Waals surface area contributed by atoms with Crippen LogP contribution in [0.25, 0.3) is 0 Å². The van der Waals surface area contributed by atoms with Crippen LogP contribution < -0.4 is 4.74 Å². The van der Waals surface area contributed by atoms with Crippen LogP contribution in [0.15, 0.2) is 12.1 Å². The number of aryl methyl sites for hydroxylation is 1. The number of hydrogen-bond donors (Lipinski definition) is 1. The Balaban J connectivity index is 2.74. The molecule has 0 aliphatic heterocycles. The lowest BCUT2D eigenvalue weighted by atomic mass is 10.1. The summed E-state index contributed by atoms with van der Waals surface area (Å²) in [6, 6.07) is 3.13. The van der Waals surface area contributed by atoms with Crippen molar-refractivity contribution in [3.05, 3.63) is 23.3 Å². The standard InChI is InChI=1S/C13H18O4/c1-9-7-11(10(2)14)12(15)8-13(9)17-6-4-5-16-3/h7-8,15H,4-6H2,1-3H3. The van der Waals surface area contributed by atoms with Gasteiger partial charge < -0.3 is 14.6 Å². The molecule has 0 saturated heterocycles. The number of phenols is 1. The molecular formula is C13H18O4. The first-order chi connectivity index (χ1) is 8.06. The molecule has 1 N–H and O–H groups in total. The van der Waals surface area contributed by atoms with Crippen molar-refractivity contribution in [3.8, 4) is 11.5 Å². The summed E-state index contributed by atoms with van der Waals surface area (Å²) < 4.78 is 10.4. The summed E-state index contributed by atoms with van der Waals surface area (Å²) in [7, 11) is 1.64. The van der Waals surface area contributed by atoms with Crippen LogP contribution in [-0.2, 0) is 4.74 Å². The first-order valence-electron chi connectivity index (χ1n) is 5.52. The van der Waals surface area contributed by atoms with Crippen molar-refractivity contribution in [3.63, 3.8) is 0 Å². The molecule has 0 atom stereocenters. The van der Waals surface area contributed by atoms with E-state index in [2.05, 4.69) is 0 Å². The van der Waals surface area contributed by atoms with Crippen molar-refractivity contribution in [1.29, 1.82) is 0 Å². The predicted molar refractivity (Wildman–Crippen MR) is 64.8 cm³/mol. The van der Waals surface area contributed by atoms with Gasteiger partial charge in [0.25, 0.3) is 0 Å². The highest BCUT2D eigenvalue weighted by Gasteiger charge is 2.10. The number of hydrogen-bond acceptors (Lipinski definition) is 4. The quantitative estimate of drug-likeness (QED) is 0.610. The fourth-order valence-electron chi connectivity index (χ4n) is 1.50. The van der Waals surface area contributed by atoms with E-state index >= 15 is 0 Å². The number of carbonyl (C=O) groups excluding carboxylic acids is 1. The van der Waals surface area contributed by atoms with E-state index in [9.17, 15) is 9.90 Å². The number of methoxy groups -OCH3 is 1. The number of rotatable bonds is 6. The van der Waals surface area contributed by atoms with Gasteiger partial charge in [0, 0.05) is 26.2 Å². The van der Waals surface area contributed by atoms with Gasteiger partial charge in [0.15, 0.2) is 5.78 Å². The number of ether oxygens (including phenoxy) is 2. The second kappa shape index (κ2) is 6.25. The molecule has 0 radical (unpaired) electrons. The normalized spacial score (nSPS) is 10.3. The fraction of sp³-hybridized carbons (Fsp3) is 0.462. The van der Waals surface area contributed by atoms with E-state index in [1.165, 1.54) is 13.0 Å². The molecule has 0 amide bonds. The van der Waals surface area contributed by atoms with Crippen molar-refractivity contribution in [2.75, 3.05) is 20.3 Å². The lowest BCUT2D eigenvalue weighted by molar-refractivity contribution is 0.101. The zero-order valence-corrected chi connectivity index (χ0v) is 10.4. The van der Waals surface area contributed by atoms with Gasteiger partial charge in [0.1, 0.15) is 11.5 Å². The van der Waals surface area contributed by atoms with Gasteiger partial charge >= 0.3 is 0 Å². The average molecular weight is 238 g/mol. The zero-order chi connectivity index (χ0) is 12.8. The van der Waals surface area contributed by atoms with E-state index in [1.54, 1.807) is 13.2 Å². The molecule has 0 fully saturated rings. The van der Waals surface area contributed by atoms with Gasteiger partial charge in [-0.2, -0.15) is 0 Å². The molecule has 0 aliphatic carbocycles. The monoisotopic (exact) mass is 238 g/mol. The second-order valence-electron chi connectivity index (χ2n) is 3.89. The Labute approximate surface area is 101 Å². The summed E-state index contributed by atoms with van der Waals surface area (Å²) >= 11 is 0. The van der Waals surface area contributed by atoms with E-state index in [1.807, 2.05) is 6.92 Å². The van der Waals surface area contributed by atoms with Gasteiger partial charge in [-0.15, -0.1) is 0 Å². The number of ketones is 1. The Morgan fingerprint density at radius 1 is 1.35 bits per heavy atom. The van der Waals surface area contributed by atoms with Crippen molar-refractivity contribution < 1.29 is 19.4 Å². The summed E-state index contributed by atoms with van der Waals surface area (Å²) in [5, 5.41) is 9.66. The third-order valence-corrected chi connectivity index (χ3v) is 2.42. The molecule has 0 spiro atoms. The third-order valence-electron chi connectivity index (χ3n) is 2.42. The van der Waals surface area contributed by atoms with Crippen LogP contribution in [0.4, 0.5) is 0 Å². The van der Waals surface area contributed by atoms with E-state index in [4.69, 9.17) is 9.47 Å². The predicted octanol–water partition coefficient (Wildman–Crippen LogP) is 2.32. The van der Waals surface area contributed by atoms with Crippen LogP contribution >= 0.6 is 0 Å². The van der Waals surface area contributed by atoms with Gasteiger partial charge in [-0.25, -0.2) is 0 Å². The molecule has 4 nitrogen and oxygen atoms in total. The minimum atomic E-state index is -0.156. The van der Waals surface area contributed by atoms with Gasteiger partial charge in [0.05, 0.1) is 12.2 Å². The van der Waals surface area contributed by atoms with Crippen LogP contribution in [0.2, 0.25) is 0 Å². The highest BCUT2D eigenvalue weighted by molar-refractivity contribution is 5.97. The number of Topliss-reactive ketones (excluding diaryl/α,β-unsaturated/α-hetero) is 1. The molecule has 17 heavy (non-hydrogen) atoms. The highest BCUT2D eigenvalue weighted by Crippen LogP contribution is 2.28. The minimum Gasteiger partial charge on any atom is -0.507 e. The van der Waals surface area contributed by atoms with Crippen LogP contribution in [0.5, 0.6) is 11.5 Å². The van der Waals surface area contributed by atoms with Crippen LogP contribution in [0, 0.1) is 6.92 Å². The van der Waals surface area contributed by atoms with Crippen LogP contribution in [-0.4, -0.2) is 31.2 Å². The molecule has 94 valence electrons. The molecule has 1 aromatic carbocycles. The molecule has 0 heterocycles. The lowest BCUT2D eigenvalue weighted by Crippen LogP contribution is -2.03. The maximum atomic E-state index is 11.2. The maximum Gasteiger partial charge on any atom is 0.163 e. The van der Waals surface area contributed by atoms with Crippen molar-refractivity contribution in [2.45, 2.75) is 20.3 Å². The summed E-state index contributed by atoms with van der Waals surface area (Å²) in [6.07, 6.45) is 0.783. The smallest absolute Gasteiger partial charge is 0.163 e. The molecule has 1 rings (SSSR count). The summed E-state index contributed by atoms with van der Waals surface area (Å²) in [6.45, 7) is 4.43. The molecular weight excluding hydrogens is 220 g/mol. The fourth-order valence-corrected chi connectivity index (χ4v) is 1.50. The number of aromatic hydroxyl groups is 1. The average Bonchev–Trinajstić information content (AvgIpc) is 2.28. The van der Waals surface area contributed by atoms with Crippen molar-refractivity contribution in [2.24, 2.45) is 0 Å². The Morgan fingerprint density at radius 2 is 2.06 bits per heavy atom. The van der Waals surface area contributed by atoms with Gasteiger partial charge in [0.2, 0.25) is 0 Å². The van der Waals surface area contributed by atoms with E-state index in [-0.39, 0.29) is 11.5 Å². The Morgan fingerprint density at radius 3 is 2.65 bits per heavy atom. The molecule has 0 aliphatic rings. The Kier molecular flexibility index (Phi) is 4.97. The van der Waals surface area contributed by atoms with Crippen molar-refractivity contribution in [1.82, 2.24) is 0 Å². The van der Waals surface area contributed by atoms with E-state index in [0.717, 1.165) is 12.0 Å². The van der Waals surface area contributed by atoms with Gasteiger partial charge in [-0.05, 0) is 25.5 Å². The second-order valence-corrected chi connectivity index (χ2v) is 3.89. The summed E-state index contributed by atoms with van der Waals surface area (Å²) in [5.41, 5.74) is 1.16. The van der Waals surface area contributed by atoms with Crippen LogP contribution in [0.1, 0.15) is 29.3 Å². The van der Waals surface area contributed by atoms with Crippen LogP contribution in [0.3, 0.4) is 0 Å². The largest absolute Gasteiger partial charge is 0.507 e. The molecule has 0 bridgehead atoms. The molecule has 0 saturated carbocycles. The van der Waals surface area contributed by atoms with E-state index < -0.39 is 0 Å². The zero-order valence-electron chi connectivity index (χ0n) is 10.4. The van der Waals surface area contributed by atoms with Crippen molar-refractivity contribution >= 4 is 5.78 Å².